The number of nitrogens with zero attached hydrogens (tertiary/aromatic N) is 2. The number of benzene rings is 1. The predicted octanol–water partition coefficient (Wildman–Crippen LogP) is 2.08. The van der Waals surface area contributed by atoms with Gasteiger partial charge >= 0.3 is 6.03 Å². The summed E-state index contributed by atoms with van der Waals surface area (Å²) in [6.07, 6.45) is -1.60. The zero-order valence-electron chi connectivity index (χ0n) is 29.2. The molecule has 1 heterocycles. The summed E-state index contributed by atoms with van der Waals surface area (Å²) in [5, 5.41) is 10.5. The highest BCUT2D eigenvalue weighted by Gasteiger charge is 2.43. The van der Waals surface area contributed by atoms with Crippen molar-refractivity contribution in [2.45, 2.75) is 97.8 Å². The van der Waals surface area contributed by atoms with E-state index in [-0.39, 0.29) is 26.1 Å². The molecule has 0 spiro atoms. The molecule has 1 aromatic rings. The highest BCUT2D eigenvalue weighted by atomic mass is 32.2. The lowest BCUT2D eigenvalue weighted by molar-refractivity contribution is -0.142. The molecule has 0 radical (unpaired) electrons. The Kier molecular flexibility index (Phi) is 14.2. The Morgan fingerprint density at radius 2 is 1.60 bits per heavy atom. The lowest BCUT2D eigenvalue weighted by atomic mass is 9.85. The van der Waals surface area contributed by atoms with Crippen LogP contribution in [0.5, 0.6) is 0 Å². The number of likely N-dealkylation sites (tertiary alicyclic amines) is 1. The van der Waals surface area contributed by atoms with E-state index in [0.29, 0.717) is 18.5 Å². The predicted molar refractivity (Wildman–Crippen MR) is 180 cm³/mol. The van der Waals surface area contributed by atoms with Gasteiger partial charge in [0.1, 0.15) is 18.1 Å². The molecule has 1 aromatic carbocycles. The summed E-state index contributed by atoms with van der Waals surface area (Å²) in [6, 6.07) is 2.00. The van der Waals surface area contributed by atoms with Crippen LogP contribution in [0.4, 0.5) is 19.3 Å². The summed E-state index contributed by atoms with van der Waals surface area (Å²) in [6.45, 7) is 11.1. The number of nitrogens with two attached hydrogens (primary N) is 1. The second-order valence-electron chi connectivity index (χ2n) is 14.5. The molecule has 6 N–H and O–H groups in total. The van der Waals surface area contributed by atoms with Crippen molar-refractivity contribution in [1.82, 2.24) is 30.5 Å². The largest absolute Gasteiger partial charge is 0.399 e. The van der Waals surface area contributed by atoms with Crippen LogP contribution < -0.4 is 27.0 Å². The molecule has 48 heavy (non-hydrogen) atoms. The summed E-state index contributed by atoms with van der Waals surface area (Å²) in [4.78, 5) is 54.8. The first-order valence-corrected chi connectivity index (χ1v) is 17.8. The first-order chi connectivity index (χ1) is 22.0. The molecule has 16 heteroatoms. The van der Waals surface area contributed by atoms with Crippen LogP contribution >= 0.6 is 0 Å². The number of nitrogen functional groups attached to an aromatic ring is 1. The van der Waals surface area contributed by atoms with Crippen LogP contribution in [0.2, 0.25) is 0 Å². The van der Waals surface area contributed by atoms with Gasteiger partial charge in [-0.2, -0.15) is 0 Å². The number of carbonyl (C=O) groups excluding carboxylic acids is 4. The van der Waals surface area contributed by atoms with Crippen LogP contribution in [-0.2, 0) is 30.8 Å². The molecule has 0 unspecified atom stereocenters. The van der Waals surface area contributed by atoms with E-state index in [9.17, 15) is 36.4 Å². The van der Waals surface area contributed by atoms with Crippen LogP contribution in [0.15, 0.2) is 24.3 Å². The topological polar surface area (TPSA) is 183 Å². The fraction of sp³-hybridized carbons (Fsp3) is 0.688. The second kappa shape index (κ2) is 16.7. The highest BCUT2D eigenvalue weighted by Crippen LogP contribution is 2.27. The van der Waals surface area contributed by atoms with Crippen LogP contribution in [0, 0.1) is 10.8 Å². The molecular weight excluding hydrogens is 648 g/mol. The smallest absolute Gasteiger partial charge is 0.315 e. The van der Waals surface area contributed by atoms with Gasteiger partial charge in [0.05, 0.1) is 6.26 Å². The normalized spacial score (nSPS) is 17.5. The summed E-state index contributed by atoms with van der Waals surface area (Å²) < 4.78 is 52.1. The average Bonchev–Trinajstić information content (AvgIpc) is 3.44. The number of halogens is 2. The molecule has 1 aliphatic rings. The van der Waals surface area contributed by atoms with Crippen molar-refractivity contribution < 1.29 is 36.4 Å². The second-order valence-corrected chi connectivity index (χ2v) is 16.6. The van der Waals surface area contributed by atoms with Gasteiger partial charge in [-0.15, -0.1) is 0 Å². The zero-order valence-corrected chi connectivity index (χ0v) is 30.0. The number of amides is 5. The first kappa shape index (κ1) is 40.6. The molecule has 5 amide bonds. The minimum Gasteiger partial charge on any atom is -0.399 e. The Bertz CT molecular complexity index is 1380. The fourth-order valence-electron chi connectivity index (χ4n) is 5.19. The van der Waals surface area contributed by atoms with Gasteiger partial charge in [-0.25, -0.2) is 26.3 Å². The van der Waals surface area contributed by atoms with Crippen LogP contribution in [-0.4, -0.2) is 105 Å². The van der Waals surface area contributed by atoms with E-state index in [1.54, 1.807) is 45.0 Å². The summed E-state index contributed by atoms with van der Waals surface area (Å²) in [7, 11) is -2.12. The molecule has 0 bridgehead atoms. The van der Waals surface area contributed by atoms with E-state index in [0.717, 1.165) is 16.1 Å². The number of hydrogen-bond donors (Lipinski definition) is 5. The lowest BCUT2D eigenvalue weighted by Gasteiger charge is -2.37. The van der Waals surface area contributed by atoms with Gasteiger partial charge in [0.15, 0.2) is 0 Å². The monoisotopic (exact) mass is 701 g/mol. The van der Waals surface area contributed by atoms with Crippen molar-refractivity contribution in [1.29, 1.82) is 0 Å². The summed E-state index contributed by atoms with van der Waals surface area (Å²) in [5.41, 5.74) is 5.78. The lowest BCUT2D eigenvalue weighted by Crippen LogP contribution is -2.62. The molecule has 1 fully saturated rings. The maximum atomic E-state index is 13.9. The van der Waals surface area contributed by atoms with E-state index >= 15 is 0 Å². The molecule has 1 aliphatic heterocycles. The number of anilines is 1. The molecule has 13 nitrogen and oxygen atoms in total. The van der Waals surface area contributed by atoms with Crippen molar-refractivity contribution in [3.05, 3.63) is 29.8 Å². The molecule has 4 atom stereocenters. The number of hydrogen-bond acceptors (Lipinski definition) is 7. The molecule has 1 saturated heterocycles. The van der Waals surface area contributed by atoms with Crippen molar-refractivity contribution >= 4 is 39.5 Å². The number of alkyl halides is 2. The number of urea groups is 1. The summed E-state index contributed by atoms with van der Waals surface area (Å²) in [5.74, 6) is -2.06. The Morgan fingerprint density at radius 3 is 2.12 bits per heavy atom. The SMILES string of the molecule is CN(C[C@@H](NC(=O)N[C@H](C(=O)N1CCC[C@H]1C(=O)N[C@@H](CC(F)F)C(=O)NCCc1ccc(N)cc1)C(C)(C)C)C(C)(C)C)S(C)(=O)=O. The first-order valence-electron chi connectivity index (χ1n) is 16.0. The van der Waals surface area contributed by atoms with Crippen LogP contribution in [0.3, 0.4) is 0 Å². The van der Waals surface area contributed by atoms with Crippen molar-refractivity contribution in [3.8, 4) is 0 Å². The number of rotatable bonds is 14. The van der Waals surface area contributed by atoms with Crippen LogP contribution in [0.25, 0.3) is 0 Å². The minimum absolute atomic E-state index is 0.00695. The quantitative estimate of drug-likeness (QED) is 0.184. The van der Waals surface area contributed by atoms with Gasteiger partial charge in [-0.3, -0.25) is 14.4 Å². The Hall–Kier alpha value is -3.53. The Balaban J connectivity index is 2.15. The van der Waals surface area contributed by atoms with E-state index < -0.39 is 81.6 Å². The number of nitrogens with one attached hydrogen (secondary N) is 4. The average molecular weight is 702 g/mol. The zero-order chi connectivity index (χ0) is 36.6. The Labute approximate surface area is 283 Å². The third-order valence-corrected chi connectivity index (χ3v) is 9.60. The third kappa shape index (κ3) is 12.5. The molecule has 0 aromatic heterocycles. The fourth-order valence-corrected chi connectivity index (χ4v) is 5.61. The van der Waals surface area contributed by atoms with Gasteiger partial charge in [0, 0.05) is 44.8 Å². The minimum atomic E-state index is -3.53. The molecule has 272 valence electrons. The highest BCUT2D eigenvalue weighted by molar-refractivity contribution is 7.88. The third-order valence-electron chi connectivity index (χ3n) is 8.32. The van der Waals surface area contributed by atoms with E-state index in [1.165, 1.54) is 11.9 Å². The van der Waals surface area contributed by atoms with E-state index in [4.69, 9.17) is 5.73 Å². The molecule has 0 aliphatic carbocycles. The molecule has 0 saturated carbocycles. The molecule has 2 rings (SSSR count). The van der Waals surface area contributed by atoms with Gasteiger partial charge in [-0.05, 0) is 47.8 Å². The Morgan fingerprint density at radius 1 is 1.00 bits per heavy atom. The van der Waals surface area contributed by atoms with Crippen LogP contribution in [0.1, 0.15) is 66.4 Å². The van der Waals surface area contributed by atoms with E-state index in [1.807, 2.05) is 20.8 Å². The standard InChI is InChI=1S/C32H53F2N7O6S/c1-31(2,3)24(19-40(7)48(8,46)47)38-30(45)39-26(32(4,5)6)29(44)41-17-9-10-23(41)28(43)37-22(18-25(33)34)27(42)36-16-15-20-11-13-21(35)14-12-20/h11-14,22-26H,9-10,15-19,35H2,1-8H3,(H,36,42)(H,37,43)(H2,38,39,45)/t22-,23-,24+,26+/m0/s1. The van der Waals surface area contributed by atoms with Crippen molar-refractivity contribution in [3.63, 3.8) is 0 Å². The number of sulfonamides is 1. The van der Waals surface area contributed by atoms with Gasteiger partial charge in [0.25, 0.3) is 0 Å². The number of likely N-dealkylation sites (N-methyl/N-ethyl adjacent to an activating group) is 1. The van der Waals surface area contributed by atoms with Gasteiger partial charge in [0.2, 0.25) is 34.2 Å². The maximum absolute atomic E-state index is 13.9. The van der Waals surface area contributed by atoms with Gasteiger partial charge in [-0.1, -0.05) is 53.7 Å². The summed E-state index contributed by atoms with van der Waals surface area (Å²) >= 11 is 0. The number of carbonyl (C=O) groups is 4. The maximum Gasteiger partial charge on any atom is 0.315 e. The van der Waals surface area contributed by atoms with Crippen molar-refractivity contribution in [2.75, 3.05) is 38.7 Å². The van der Waals surface area contributed by atoms with Gasteiger partial charge < -0.3 is 31.9 Å². The van der Waals surface area contributed by atoms with E-state index in [2.05, 4.69) is 21.3 Å². The van der Waals surface area contributed by atoms with Crippen molar-refractivity contribution in [2.24, 2.45) is 10.8 Å². The molecular formula is C32H53F2N7O6S.